The molecule has 1 aliphatic carbocycles. The summed E-state index contributed by atoms with van der Waals surface area (Å²) in [6.07, 6.45) is 2.40. The van der Waals surface area contributed by atoms with Crippen molar-refractivity contribution in [2.24, 2.45) is 0 Å². The lowest BCUT2D eigenvalue weighted by molar-refractivity contribution is 0.332. The van der Waals surface area contributed by atoms with E-state index in [-0.39, 0.29) is 33.8 Å². The van der Waals surface area contributed by atoms with Gasteiger partial charge in [0.2, 0.25) is 0 Å². The van der Waals surface area contributed by atoms with Gasteiger partial charge in [0.15, 0.2) is 0 Å². The predicted octanol–water partition coefficient (Wildman–Crippen LogP) is 13.5. The van der Waals surface area contributed by atoms with Gasteiger partial charge in [-0.15, -0.1) is 11.3 Å². The summed E-state index contributed by atoms with van der Waals surface area (Å²) in [6, 6.07) is 36.5. The van der Waals surface area contributed by atoms with Crippen LogP contribution in [0.25, 0.3) is 10.1 Å². The van der Waals surface area contributed by atoms with E-state index in [0.29, 0.717) is 0 Å². The van der Waals surface area contributed by atoms with Gasteiger partial charge in [0, 0.05) is 43.3 Å². The second kappa shape index (κ2) is 12.4. The van der Waals surface area contributed by atoms with Gasteiger partial charge in [-0.25, -0.2) is 0 Å². The summed E-state index contributed by atoms with van der Waals surface area (Å²) in [5.74, 6) is 0. The van der Waals surface area contributed by atoms with Crippen molar-refractivity contribution < 1.29 is 0 Å². The molecule has 4 heteroatoms. The summed E-state index contributed by atoms with van der Waals surface area (Å²) < 4.78 is 2.79. The van der Waals surface area contributed by atoms with Crippen molar-refractivity contribution in [3.8, 4) is 0 Å². The van der Waals surface area contributed by atoms with E-state index in [1.54, 1.807) is 0 Å². The highest BCUT2D eigenvalue weighted by Gasteiger charge is 2.46. The Morgan fingerprint density at radius 1 is 0.544 bits per heavy atom. The first-order chi connectivity index (χ1) is 26.5. The molecule has 0 amide bonds. The Kier molecular flexibility index (Phi) is 8.30. The van der Waals surface area contributed by atoms with Crippen LogP contribution >= 0.6 is 11.3 Å². The highest BCUT2D eigenvalue weighted by Crippen LogP contribution is 2.51. The number of anilines is 6. The van der Waals surface area contributed by atoms with E-state index in [9.17, 15) is 0 Å². The van der Waals surface area contributed by atoms with Gasteiger partial charge in [-0.2, -0.15) is 0 Å². The highest BCUT2D eigenvalue weighted by atomic mass is 32.1. The average molecular weight is 769 g/mol. The van der Waals surface area contributed by atoms with Gasteiger partial charge in [0.1, 0.15) is 0 Å². The van der Waals surface area contributed by atoms with Crippen LogP contribution in [-0.4, -0.2) is 6.71 Å². The zero-order valence-corrected chi connectivity index (χ0v) is 37.8. The summed E-state index contributed by atoms with van der Waals surface area (Å²) >= 11 is 2.00. The van der Waals surface area contributed by atoms with Gasteiger partial charge in [0.05, 0.1) is 5.69 Å². The number of rotatable bonds is 2. The highest BCUT2D eigenvalue weighted by molar-refractivity contribution is 7.33. The predicted molar refractivity (Wildman–Crippen MR) is 252 cm³/mol. The van der Waals surface area contributed by atoms with E-state index >= 15 is 0 Å². The molecule has 0 fully saturated rings. The number of aryl methyl sites for hydroxylation is 1. The fraction of sp³-hybridized carbons (Fsp3) is 0.396. The van der Waals surface area contributed by atoms with Crippen molar-refractivity contribution in [3.63, 3.8) is 0 Å². The van der Waals surface area contributed by atoms with E-state index in [1.165, 1.54) is 106 Å². The van der Waals surface area contributed by atoms with Crippen LogP contribution in [-0.2, 0) is 27.1 Å². The van der Waals surface area contributed by atoms with Crippen molar-refractivity contribution in [2.75, 3.05) is 9.80 Å². The molecule has 292 valence electrons. The van der Waals surface area contributed by atoms with E-state index < -0.39 is 0 Å². The molecular weight excluding hydrogens is 707 g/mol. The molecule has 2 aliphatic heterocycles. The molecule has 0 atom stereocenters. The molecule has 6 aromatic rings. The first-order valence-electron chi connectivity index (χ1n) is 21.3. The maximum atomic E-state index is 2.63. The van der Waals surface area contributed by atoms with Crippen LogP contribution in [0.5, 0.6) is 0 Å². The fourth-order valence-corrected chi connectivity index (χ4v) is 11.2. The van der Waals surface area contributed by atoms with E-state index in [2.05, 4.69) is 198 Å². The number of hydrogen-bond acceptors (Lipinski definition) is 3. The Morgan fingerprint density at radius 2 is 1.09 bits per heavy atom. The quantitative estimate of drug-likeness (QED) is 0.162. The number of hydrogen-bond donors (Lipinski definition) is 0. The number of nitrogens with zero attached hydrogens (tertiary/aromatic N) is 2. The smallest absolute Gasteiger partial charge is 0.264 e. The Labute approximate surface area is 347 Å². The van der Waals surface area contributed by atoms with E-state index in [0.717, 1.165) is 0 Å². The minimum Gasteiger partial charge on any atom is -0.311 e. The molecular formula is C53H61BN2S. The Morgan fingerprint density at radius 3 is 1.72 bits per heavy atom. The van der Waals surface area contributed by atoms with Crippen LogP contribution in [0.2, 0.25) is 0 Å². The monoisotopic (exact) mass is 768 g/mol. The molecule has 3 heterocycles. The largest absolute Gasteiger partial charge is 0.311 e. The molecule has 57 heavy (non-hydrogen) atoms. The van der Waals surface area contributed by atoms with Gasteiger partial charge in [-0.1, -0.05) is 126 Å². The maximum absolute atomic E-state index is 2.63. The third-order valence-electron chi connectivity index (χ3n) is 13.6. The summed E-state index contributed by atoms with van der Waals surface area (Å²) in [7, 11) is 0. The van der Waals surface area contributed by atoms with Gasteiger partial charge >= 0.3 is 0 Å². The van der Waals surface area contributed by atoms with Gasteiger partial charge in [0.25, 0.3) is 6.71 Å². The van der Waals surface area contributed by atoms with Crippen molar-refractivity contribution in [3.05, 3.63) is 124 Å². The van der Waals surface area contributed by atoms with Crippen LogP contribution in [0, 0.1) is 6.92 Å². The Hall–Kier alpha value is -4.28. The van der Waals surface area contributed by atoms with Crippen LogP contribution < -0.4 is 25.5 Å². The zero-order valence-electron chi connectivity index (χ0n) is 37.0. The normalized spacial score (nSPS) is 17.0. The topological polar surface area (TPSA) is 6.48 Å². The van der Waals surface area contributed by atoms with Gasteiger partial charge < -0.3 is 9.80 Å². The second-order valence-corrected chi connectivity index (χ2v) is 23.0. The fourth-order valence-electron chi connectivity index (χ4n) is 9.93. The molecule has 1 aromatic heterocycles. The summed E-state index contributed by atoms with van der Waals surface area (Å²) in [5.41, 5.74) is 19.3. The summed E-state index contributed by atoms with van der Waals surface area (Å²) in [6.45, 7) is 33.2. The van der Waals surface area contributed by atoms with Crippen molar-refractivity contribution in [2.45, 2.75) is 137 Å². The number of benzene rings is 5. The number of thiophene rings is 1. The molecule has 0 saturated heterocycles. The molecule has 0 spiro atoms. The molecule has 0 bridgehead atoms. The Balaban J connectivity index is 1.38. The van der Waals surface area contributed by atoms with E-state index in [1.807, 2.05) is 11.3 Å². The molecule has 5 aromatic carbocycles. The van der Waals surface area contributed by atoms with Crippen molar-refractivity contribution >= 4 is 78.0 Å². The lowest BCUT2D eigenvalue weighted by atomic mass is 9.36. The molecule has 3 aliphatic rings. The van der Waals surface area contributed by atoms with Crippen molar-refractivity contribution in [1.82, 2.24) is 0 Å². The Bertz CT molecular complexity index is 2600. The standard InChI is InChI=1S/C53H61BN2S/c1-32-27-43-46-44(28-32)56(36-19-15-33(16-20-36)49(2,3)4)47-38-29-34(50(5,6)7)18-24-45(38)57-48(47)54(46)41-30-35(51(8,9)10)17-23-42(41)55(43)37-21-22-39-40(31-37)53(13,14)26-25-52(39,11)12/h15-24,27-31H,25-26H2,1-14H3. The van der Waals surface area contributed by atoms with Gasteiger partial charge in [-0.3, -0.25) is 0 Å². The first kappa shape index (κ1) is 38.3. The van der Waals surface area contributed by atoms with Crippen LogP contribution in [0.1, 0.15) is 136 Å². The number of fused-ring (bicyclic) bond motifs is 7. The molecule has 9 rings (SSSR count). The lowest BCUT2D eigenvalue weighted by Crippen LogP contribution is -2.60. The third kappa shape index (κ3) is 6.02. The van der Waals surface area contributed by atoms with Crippen LogP contribution in [0.3, 0.4) is 0 Å². The average Bonchev–Trinajstić information content (AvgIpc) is 3.50. The minimum atomic E-state index is 0.0117. The molecule has 0 unspecified atom stereocenters. The summed E-state index contributed by atoms with van der Waals surface area (Å²) in [5, 5.41) is 1.35. The van der Waals surface area contributed by atoms with Crippen LogP contribution in [0.4, 0.5) is 34.1 Å². The maximum Gasteiger partial charge on any atom is 0.264 e. The third-order valence-corrected chi connectivity index (χ3v) is 14.8. The first-order valence-corrected chi connectivity index (χ1v) is 22.1. The SMILES string of the molecule is Cc1cc2c3c(c1)N(c1ccc(C(C)(C)C)cc1)c1c(sc4ccc(C(C)(C)C)cc14)B3c1cc(C(C)(C)C)ccc1N2c1ccc2c(c1)C(C)(C)CCC2(C)C. The minimum absolute atomic E-state index is 0.0117. The molecule has 0 radical (unpaired) electrons. The second-order valence-electron chi connectivity index (χ2n) is 21.9. The molecule has 0 saturated carbocycles. The van der Waals surface area contributed by atoms with Gasteiger partial charge in [-0.05, 0) is 146 Å². The van der Waals surface area contributed by atoms with Crippen molar-refractivity contribution in [1.29, 1.82) is 0 Å². The molecule has 2 nitrogen and oxygen atoms in total. The lowest BCUT2D eigenvalue weighted by Gasteiger charge is -2.45. The van der Waals surface area contributed by atoms with Crippen LogP contribution in [0.15, 0.2) is 91.0 Å². The molecule has 0 N–H and O–H groups in total. The van der Waals surface area contributed by atoms with E-state index in [4.69, 9.17) is 0 Å². The zero-order chi connectivity index (χ0) is 40.8. The summed E-state index contributed by atoms with van der Waals surface area (Å²) in [4.78, 5) is 5.25.